The number of piperidine rings is 1. The molecule has 1 aliphatic heterocycles. The van der Waals surface area contributed by atoms with Crippen LogP contribution in [-0.2, 0) is 4.79 Å². The predicted octanol–water partition coefficient (Wildman–Crippen LogP) is 0.163. The third kappa shape index (κ3) is 1.72. The number of alkyl halides is 2. The summed E-state index contributed by atoms with van der Waals surface area (Å²) in [4.78, 5) is 12.1. The van der Waals surface area contributed by atoms with E-state index in [-0.39, 0.29) is 25.9 Å². The zero-order valence-corrected chi connectivity index (χ0v) is 7.83. The van der Waals surface area contributed by atoms with Crippen LogP contribution in [0.3, 0.4) is 0 Å². The van der Waals surface area contributed by atoms with Gasteiger partial charge < -0.3 is 15.1 Å². The molecule has 0 amide bonds. The molecule has 1 saturated heterocycles. The SMILES string of the molecule is CN1CCC(O)(C(F)(F)C(=O)O)CC1. The maximum absolute atomic E-state index is 13.1. The van der Waals surface area contributed by atoms with E-state index in [9.17, 15) is 18.7 Å². The Bertz CT molecular complexity index is 237. The fourth-order valence-corrected chi connectivity index (χ4v) is 1.50. The van der Waals surface area contributed by atoms with Gasteiger partial charge in [0.1, 0.15) is 5.60 Å². The van der Waals surface area contributed by atoms with Crippen LogP contribution < -0.4 is 0 Å². The van der Waals surface area contributed by atoms with Gasteiger partial charge in [0.25, 0.3) is 0 Å². The van der Waals surface area contributed by atoms with Gasteiger partial charge in [0.2, 0.25) is 0 Å². The van der Waals surface area contributed by atoms with Crippen molar-refractivity contribution in [2.45, 2.75) is 24.4 Å². The summed E-state index contributed by atoms with van der Waals surface area (Å²) in [5, 5.41) is 17.8. The molecular formula is C8H13F2NO3. The highest BCUT2D eigenvalue weighted by molar-refractivity contribution is 5.77. The number of carboxylic acid groups (broad SMARTS) is 1. The number of halogens is 2. The monoisotopic (exact) mass is 209 g/mol. The van der Waals surface area contributed by atoms with Gasteiger partial charge in [-0.2, -0.15) is 8.78 Å². The summed E-state index contributed by atoms with van der Waals surface area (Å²) < 4.78 is 26.2. The second-order valence-corrected chi connectivity index (χ2v) is 3.71. The number of carboxylic acids is 1. The zero-order chi connectivity index (χ0) is 11.0. The minimum Gasteiger partial charge on any atom is -0.477 e. The molecule has 0 aromatic carbocycles. The molecule has 1 aliphatic rings. The summed E-state index contributed by atoms with van der Waals surface area (Å²) >= 11 is 0. The van der Waals surface area contributed by atoms with Crippen LogP contribution in [0, 0.1) is 0 Å². The maximum atomic E-state index is 13.1. The molecule has 0 aliphatic carbocycles. The number of rotatable bonds is 2. The number of hydrogen-bond acceptors (Lipinski definition) is 3. The number of aliphatic carboxylic acids is 1. The Kier molecular flexibility index (Phi) is 2.78. The van der Waals surface area contributed by atoms with Crippen LogP contribution >= 0.6 is 0 Å². The zero-order valence-electron chi connectivity index (χ0n) is 7.83. The van der Waals surface area contributed by atoms with Crippen molar-refractivity contribution < 1.29 is 23.8 Å². The fourth-order valence-electron chi connectivity index (χ4n) is 1.50. The molecule has 0 atom stereocenters. The molecule has 0 bridgehead atoms. The van der Waals surface area contributed by atoms with Crippen molar-refractivity contribution in [1.82, 2.24) is 4.90 Å². The van der Waals surface area contributed by atoms with Crippen molar-refractivity contribution >= 4 is 5.97 Å². The Morgan fingerprint density at radius 3 is 2.21 bits per heavy atom. The van der Waals surface area contributed by atoms with Crippen LogP contribution in [-0.4, -0.2) is 52.7 Å². The number of likely N-dealkylation sites (tertiary alicyclic amines) is 1. The van der Waals surface area contributed by atoms with Gasteiger partial charge in [-0.1, -0.05) is 0 Å². The lowest BCUT2D eigenvalue weighted by atomic mass is 9.85. The van der Waals surface area contributed by atoms with Gasteiger partial charge in [0, 0.05) is 13.1 Å². The Morgan fingerprint density at radius 1 is 1.43 bits per heavy atom. The summed E-state index contributed by atoms with van der Waals surface area (Å²) in [5.41, 5.74) is -2.40. The standard InChI is InChI=1S/C8H13F2NO3/c1-11-4-2-7(14,3-5-11)8(9,10)6(12)13/h14H,2-5H2,1H3,(H,12,13). The Morgan fingerprint density at radius 2 is 1.86 bits per heavy atom. The highest BCUT2D eigenvalue weighted by Crippen LogP contribution is 2.37. The van der Waals surface area contributed by atoms with Crippen molar-refractivity contribution in [3.63, 3.8) is 0 Å². The lowest BCUT2D eigenvalue weighted by molar-refractivity contribution is -0.218. The lowest BCUT2D eigenvalue weighted by Crippen LogP contribution is -2.58. The number of aliphatic hydroxyl groups is 1. The molecule has 0 saturated carbocycles. The molecule has 0 aromatic rings. The van der Waals surface area contributed by atoms with E-state index in [1.54, 1.807) is 11.9 Å². The van der Waals surface area contributed by atoms with Gasteiger partial charge in [-0.05, 0) is 19.9 Å². The molecule has 1 fully saturated rings. The first-order valence-corrected chi connectivity index (χ1v) is 4.32. The van der Waals surface area contributed by atoms with Crippen molar-refractivity contribution in [1.29, 1.82) is 0 Å². The summed E-state index contributed by atoms with van der Waals surface area (Å²) in [6.07, 6.45) is -0.439. The van der Waals surface area contributed by atoms with Gasteiger partial charge in [-0.3, -0.25) is 0 Å². The smallest absolute Gasteiger partial charge is 0.377 e. The first-order chi connectivity index (χ1) is 6.29. The minimum atomic E-state index is -4.06. The molecule has 6 heteroatoms. The molecule has 82 valence electrons. The second kappa shape index (κ2) is 3.43. The molecule has 4 nitrogen and oxygen atoms in total. The molecule has 0 spiro atoms. The van der Waals surface area contributed by atoms with E-state index in [2.05, 4.69) is 0 Å². The van der Waals surface area contributed by atoms with E-state index < -0.39 is 17.5 Å². The van der Waals surface area contributed by atoms with Gasteiger partial charge in [0.15, 0.2) is 0 Å². The highest BCUT2D eigenvalue weighted by atomic mass is 19.3. The Hall–Kier alpha value is -0.750. The lowest BCUT2D eigenvalue weighted by Gasteiger charge is -2.39. The average molecular weight is 209 g/mol. The van der Waals surface area contributed by atoms with Crippen molar-refractivity contribution in [3.05, 3.63) is 0 Å². The van der Waals surface area contributed by atoms with E-state index in [1.165, 1.54) is 0 Å². The first-order valence-electron chi connectivity index (χ1n) is 4.32. The van der Waals surface area contributed by atoms with Crippen molar-refractivity contribution in [3.8, 4) is 0 Å². The van der Waals surface area contributed by atoms with E-state index >= 15 is 0 Å². The first kappa shape index (κ1) is 11.3. The highest BCUT2D eigenvalue weighted by Gasteiger charge is 2.59. The van der Waals surface area contributed by atoms with E-state index in [0.29, 0.717) is 0 Å². The summed E-state index contributed by atoms with van der Waals surface area (Å²) in [5.74, 6) is -6.32. The predicted molar refractivity (Wildman–Crippen MR) is 44.3 cm³/mol. The van der Waals surface area contributed by atoms with E-state index in [1.807, 2.05) is 0 Å². The number of hydrogen-bond donors (Lipinski definition) is 2. The van der Waals surface area contributed by atoms with Gasteiger partial charge in [0.05, 0.1) is 0 Å². The molecule has 2 N–H and O–H groups in total. The van der Waals surface area contributed by atoms with E-state index in [0.717, 1.165) is 0 Å². The molecule has 1 heterocycles. The maximum Gasteiger partial charge on any atom is 0.377 e. The van der Waals surface area contributed by atoms with Crippen LogP contribution in [0.15, 0.2) is 0 Å². The quantitative estimate of drug-likeness (QED) is 0.680. The van der Waals surface area contributed by atoms with E-state index in [4.69, 9.17) is 5.11 Å². The summed E-state index contributed by atoms with van der Waals surface area (Å²) in [6, 6.07) is 0. The normalized spacial score (nSPS) is 23.4. The summed E-state index contributed by atoms with van der Waals surface area (Å²) in [7, 11) is 1.73. The number of carbonyl (C=O) groups is 1. The van der Waals surface area contributed by atoms with Crippen LogP contribution in [0.1, 0.15) is 12.8 Å². The van der Waals surface area contributed by atoms with Gasteiger partial charge in [-0.25, -0.2) is 4.79 Å². The topological polar surface area (TPSA) is 60.8 Å². The average Bonchev–Trinajstić information content (AvgIpc) is 2.10. The molecular weight excluding hydrogens is 196 g/mol. The van der Waals surface area contributed by atoms with Crippen molar-refractivity contribution in [2.24, 2.45) is 0 Å². The van der Waals surface area contributed by atoms with Crippen molar-refractivity contribution in [2.75, 3.05) is 20.1 Å². The molecule has 0 unspecified atom stereocenters. The minimum absolute atomic E-state index is 0.219. The van der Waals surface area contributed by atoms with Crippen LogP contribution in [0.5, 0.6) is 0 Å². The molecule has 14 heavy (non-hydrogen) atoms. The molecule has 0 radical (unpaired) electrons. The van der Waals surface area contributed by atoms with Crippen LogP contribution in [0.25, 0.3) is 0 Å². The molecule has 1 rings (SSSR count). The Balaban J connectivity index is 2.80. The van der Waals surface area contributed by atoms with Crippen LogP contribution in [0.4, 0.5) is 8.78 Å². The third-order valence-corrected chi connectivity index (χ3v) is 2.67. The van der Waals surface area contributed by atoms with Gasteiger partial charge in [-0.15, -0.1) is 0 Å². The van der Waals surface area contributed by atoms with Gasteiger partial charge >= 0.3 is 11.9 Å². The van der Waals surface area contributed by atoms with Crippen LogP contribution in [0.2, 0.25) is 0 Å². The second-order valence-electron chi connectivity index (χ2n) is 3.71. The summed E-state index contributed by atoms with van der Waals surface area (Å²) in [6.45, 7) is 0.554. The third-order valence-electron chi connectivity index (χ3n) is 2.67. The number of nitrogens with zero attached hydrogens (tertiary/aromatic N) is 1. The molecule has 0 aromatic heterocycles. The largest absolute Gasteiger partial charge is 0.477 e. The fraction of sp³-hybridized carbons (Fsp3) is 0.875. The Labute approximate surface area is 80.1 Å².